The van der Waals surface area contributed by atoms with E-state index >= 15 is 0 Å². The van der Waals surface area contributed by atoms with Gasteiger partial charge in [0.1, 0.15) is 6.61 Å². The number of nitrogens with one attached hydrogen (secondary N) is 1. The van der Waals surface area contributed by atoms with E-state index in [2.05, 4.69) is 21.6 Å². The van der Waals surface area contributed by atoms with Crippen LogP contribution in [0.2, 0.25) is 0 Å². The number of ether oxygens (including phenoxy) is 1. The lowest BCUT2D eigenvalue weighted by molar-refractivity contribution is -0.384. The summed E-state index contributed by atoms with van der Waals surface area (Å²) < 4.78 is 6.68. The number of carbonyl (C=O) groups excluding carboxylic acids is 1. The van der Waals surface area contributed by atoms with Crippen molar-refractivity contribution in [3.63, 3.8) is 0 Å². The third-order valence-electron chi connectivity index (χ3n) is 4.47. The van der Waals surface area contributed by atoms with Crippen molar-refractivity contribution in [2.45, 2.75) is 30.8 Å². The third kappa shape index (κ3) is 5.68. The van der Waals surface area contributed by atoms with Crippen molar-refractivity contribution in [1.82, 2.24) is 20.1 Å². The molecule has 0 aliphatic rings. The minimum Gasteiger partial charge on any atom is -0.375 e. The van der Waals surface area contributed by atoms with Crippen molar-refractivity contribution in [3.8, 4) is 5.69 Å². The highest BCUT2D eigenvalue weighted by atomic mass is 32.2. The molecule has 1 heterocycles. The first kappa shape index (κ1) is 22.4. The predicted molar refractivity (Wildman–Crippen MR) is 117 cm³/mol. The summed E-state index contributed by atoms with van der Waals surface area (Å²) in [6, 6.07) is 13.9. The topological polar surface area (TPSA) is 112 Å². The smallest absolute Gasteiger partial charge is 0.269 e. The number of nitrogens with zero attached hydrogens (tertiary/aromatic N) is 4. The molecule has 162 valence electrons. The Labute approximate surface area is 184 Å². The van der Waals surface area contributed by atoms with Crippen molar-refractivity contribution >= 4 is 23.4 Å². The van der Waals surface area contributed by atoms with Gasteiger partial charge >= 0.3 is 0 Å². The number of thioether (sulfide) groups is 1. The summed E-state index contributed by atoms with van der Waals surface area (Å²) in [7, 11) is 1.45. The maximum atomic E-state index is 12.0. The van der Waals surface area contributed by atoms with Crippen molar-refractivity contribution in [3.05, 3.63) is 75.6 Å². The molecule has 1 N–H and O–H groups in total. The van der Waals surface area contributed by atoms with E-state index in [9.17, 15) is 14.9 Å². The number of nitro groups is 1. The first-order chi connectivity index (χ1) is 14.9. The Kier molecular flexibility index (Phi) is 7.37. The molecule has 10 heteroatoms. The molecule has 0 saturated carbocycles. The van der Waals surface area contributed by atoms with Gasteiger partial charge in [-0.05, 0) is 31.5 Å². The number of non-ortho nitro benzene ring substituents is 1. The number of aryl methyl sites for hydroxylation is 1. The van der Waals surface area contributed by atoms with Crippen LogP contribution in [0.25, 0.3) is 5.69 Å². The van der Waals surface area contributed by atoms with E-state index in [0.29, 0.717) is 22.4 Å². The summed E-state index contributed by atoms with van der Waals surface area (Å²) in [5.74, 6) is 0.921. The number of rotatable bonds is 9. The fourth-order valence-electron chi connectivity index (χ4n) is 3.05. The largest absolute Gasteiger partial charge is 0.375 e. The molecule has 3 aromatic rings. The van der Waals surface area contributed by atoms with Gasteiger partial charge in [0.05, 0.1) is 11.0 Å². The summed E-state index contributed by atoms with van der Waals surface area (Å²) in [5.41, 5.74) is 2.98. The van der Waals surface area contributed by atoms with Gasteiger partial charge in [-0.2, -0.15) is 0 Å². The van der Waals surface area contributed by atoms with Gasteiger partial charge in [-0.3, -0.25) is 19.5 Å². The third-order valence-corrected chi connectivity index (χ3v) is 5.47. The van der Waals surface area contributed by atoms with Crippen LogP contribution in [-0.2, 0) is 15.3 Å². The van der Waals surface area contributed by atoms with Crippen molar-refractivity contribution in [2.24, 2.45) is 0 Å². The van der Waals surface area contributed by atoms with Crippen LogP contribution in [0.3, 0.4) is 0 Å². The van der Waals surface area contributed by atoms with Gasteiger partial charge < -0.3 is 10.1 Å². The van der Waals surface area contributed by atoms with Crippen LogP contribution in [0.4, 0.5) is 5.69 Å². The van der Waals surface area contributed by atoms with Crippen LogP contribution in [0, 0.1) is 17.0 Å². The maximum Gasteiger partial charge on any atom is 0.269 e. The number of amides is 1. The normalized spacial score (nSPS) is 11.8. The number of hydrogen-bond donors (Lipinski definition) is 1. The zero-order valence-corrected chi connectivity index (χ0v) is 18.3. The summed E-state index contributed by atoms with van der Waals surface area (Å²) in [6.07, 6.45) is 0. The van der Waals surface area contributed by atoms with E-state index in [-0.39, 0.29) is 18.2 Å². The summed E-state index contributed by atoms with van der Waals surface area (Å²) in [4.78, 5) is 22.5. The Morgan fingerprint density at radius 3 is 2.65 bits per heavy atom. The van der Waals surface area contributed by atoms with Crippen LogP contribution < -0.4 is 5.32 Å². The number of benzene rings is 2. The molecule has 0 aliphatic heterocycles. The average Bonchev–Trinajstić information content (AvgIpc) is 3.16. The summed E-state index contributed by atoms with van der Waals surface area (Å²) in [6.45, 7) is 3.77. The molecule has 31 heavy (non-hydrogen) atoms. The number of methoxy groups -OCH3 is 1. The Bertz CT molecular complexity index is 1070. The van der Waals surface area contributed by atoms with E-state index in [1.807, 2.05) is 29.7 Å². The number of aromatic nitrogens is 3. The van der Waals surface area contributed by atoms with E-state index in [4.69, 9.17) is 4.74 Å². The molecule has 2 aromatic carbocycles. The molecule has 0 radical (unpaired) electrons. The predicted octanol–water partition coefficient (Wildman–Crippen LogP) is 3.60. The highest BCUT2D eigenvalue weighted by molar-refractivity contribution is 7.98. The molecule has 1 amide bonds. The second-order valence-electron chi connectivity index (χ2n) is 6.95. The lowest BCUT2D eigenvalue weighted by Gasteiger charge is -2.16. The van der Waals surface area contributed by atoms with Crippen molar-refractivity contribution < 1.29 is 14.5 Å². The molecule has 0 saturated heterocycles. The van der Waals surface area contributed by atoms with Crippen LogP contribution in [-0.4, -0.2) is 39.3 Å². The van der Waals surface area contributed by atoms with Gasteiger partial charge in [0, 0.05) is 30.7 Å². The highest BCUT2D eigenvalue weighted by Gasteiger charge is 2.21. The molecule has 1 aromatic heterocycles. The standard InChI is InChI=1S/C21H23N5O4S/c1-14-5-4-6-16(11-14)13-31-21-24-23-20(15(2)22-19(27)12-30-3)25(21)17-7-9-18(10-8-17)26(28)29/h4-11,15H,12-13H2,1-3H3,(H,22,27). The van der Waals surface area contributed by atoms with E-state index in [0.717, 1.165) is 5.56 Å². The molecule has 1 atom stereocenters. The first-order valence-electron chi connectivity index (χ1n) is 9.56. The van der Waals surface area contributed by atoms with Crippen molar-refractivity contribution in [2.75, 3.05) is 13.7 Å². The first-order valence-corrected chi connectivity index (χ1v) is 10.5. The molecular formula is C21H23N5O4S. The van der Waals surface area contributed by atoms with Crippen LogP contribution in [0.5, 0.6) is 0 Å². The molecule has 0 bridgehead atoms. The molecule has 0 spiro atoms. The van der Waals surface area contributed by atoms with Gasteiger partial charge in [-0.15, -0.1) is 10.2 Å². The minimum absolute atomic E-state index is 0.00576. The van der Waals surface area contributed by atoms with Crippen LogP contribution >= 0.6 is 11.8 Å². The lowest BCUT2D eigenvalue weighted by Crippen LogP contribution is -2.31. The molecule has 0 fully saturated rings. The van der Waals surface area contributed by atoms with E-state index < -0.39 is 11.0 Å². The van der Waals surface area contributed by atoms with Gasteiger partial charge in [0.15, 0.2) is 11.0 Å². The maximum absolute atomic E-state index is 12.0. The summed E-state index contributed by atoms with van der Waals surface area (Å²) >= 11 is 1.50. The molecule has 1 unspecified atom stereocenters. The Balaban J connectivity index is 1.93. The van der Waals surface area contributed by atoms with Gasteiger partial charge in [-0.1, -0.05) is 41.6 Å². The molecule has 3 rings (SSSR count). The Morgan fingerprint density at radius 2 is 2.00 bits per heavy atom. The number of nitro benzene ring substituents is 1. The Morgan fingerprint density at radius 1 is 1.26 bits per heavy atom. The molecule has 9 nitrogen and oxygen atoms in total. The quantitative estimate of drug-likeness (QED) is 0.307. The lowest BCUT2D eigenvalue weighted by atomic mass is 10.2. The zero-order chi connectivity index (χ0) is 22.4. The SMILES string of the molecule is COCC(=O)NC(C)c1nnc(SCc2cccc(C)c2)n1-c1ccc([N+](=O)[O-])cc1. The monoisotopic (exact) mass is 441 g/mol. The van der Waals surface area contributed by atoms with Crippen LogP contribution in [0.15, 0.2) is 53.7 Å². The fraction of sp³-hybridized carbons (Fsp3) is 0.286. The second-order valence-corrected chi connectivity index (χ2v) is 7.89. The van der Waals surface area contributed by atoms with Gasteiger partial charge in [0.2, 0.25) is 5.91 Å². The zero-order valence-electron chi connectivity index (χ0n) is 17.4. The molecule has 0 aliphatic carbocycles. The fourth-order valence-corrected chi connectivity index (χ4v) is 3.95. The minimum atomic E-state index is -0.447. The van der Waals surface area contributed by atoms with E-state index in [1.165, 1.54) is 36.6 Å². The van der Waals surface area contributed by atoms with E-state index in [1.54, 1.807) is 19.1 Å². The number of hydrogen-bond acceptors (Lipinski definition) is 7. The van der Waals surface area contributed by atoms with Gasteiger partial charge in [0.25, 0.3) is 5.69 Å². The highest BCUT2D eigenvalue weighted by Crippen LogP contribution is 2.28. The van der Waals surface area contributed by atoms with Crippen LogP contribution in [0.1, 0.15) is 29.9 Å². The average molecular weight is 442 g/mol. The molecular weight excluding hydrogens is 418 g/mol. The Hall–Kier alpha value is -3.24. The van der Waals surface area contributed by atoms with Crippen molar-refractivity contribution in [1.29, 1.82) is 0 Å². The summed E-state index contributed by atoms with van der Waals surface area (Å²) in [5, 5.41) is 23.1. The second kappa shape index (κ2) is 10.2. The van der Waals surface area contributed by atoms with Gasteiger partial charge in [-0.25, -0.2) is 0 Å². The number of carbonyl (C=O) groups is 1.